The van der Waals surface area contributed by atoms with E-state index in [9.17, 15) is 5.11 Å². The zero-order valence-corrected chi connectivity index (χ0v) is 16.1. The van der Waals surface area contributed by atoms with Crippen molar-refractivity contribution in [2.75, 3.05) is 0 Å². The highest BCUT2D eigenvalue weighted by molar-refractivity contribution is 5.67. The summed E-state index contributed by atoms with van der Waals surface area (Å²) in [6.07, 6.45) is 5.16. The first-order chi connectivity index (χ1) is 13.5. The largest absolute Gasteiger partial charge is 0.392 e. The molecule has 0 amide bonds. The lowest BCUT2D eigenvalue weighted by atomic mass is 10.2. The molecule has 4 rings (SSSR count). The van der Waals surface area contributed by atoms with Gasteiger partial charge < -0.3 is 9.67 Å². The minimum atomic E-state index is -0.479. The van der Waals surface area contributed by atoms with Gasteiger partial charge in [-0.05, 0) is 39.0 Å². The third-order valence-corrected chi connectivity index (χ3v) is 4.35. The SMILES string of the molecule is Cc1cc(C)n2nc(/C=C/c3nc(-c4ccccc4)cn3CC(C)O)nc2n1. The monoisotopic (exact) mass is 374 g/mol. The Labute approximate surface area is 163 Å². The normalized spacial score (nSPS) is 12.9. The number of hydrogen-bond acceptors (Lipinski definition) is 5. The maximum absolute atomic E-state index is 9.84. The Morgan fingerprint density at radius 2 is 1.86 bits per heavy atom. The summed E-state index contributed by atoms with van der Waals surface area (Å²) in [6.45, 7) is 6.13. The maximum atomic E-state index is 9.84. The molecule has 0 saturated heterocycles. The van der Waals surface area contributed by atoms with E-state index in [1.54, 1.807) is 11.4 Å². The molecule has 0 spiro atoms. The van der Waals surface area contributed by atoms with Crippen LogP contribution in [0, 0.1) is 13.8 Å². The van der Waals surface area contributed by atoms with Crippen LogP contribution in [0.25, 0.3) is 29.2 Å². The molecule has 7 nitrogen and oxygen atoms in total. The second kappa shape index (κ2) is 7.36. The van der Waals surface area contributed by atoms with Gasteiger partial charge in [0.25, 0.3) is 5.78 Å². The number of aryl methyl sites for hydroxylation is 2. The molecule has 3 aromatic heterocycles. The molecule has 0 aliphatic carbocycles. The van der Waals surface area contributed by atoms with Crippen LogP contribution in [0.4, 0.5) is 0 Å². The van der Waals surface area contributed by atoms with Gasteiger partial charge in [-0.25, -0.2) is 14.5 Å². The second-order valence-electron chi connectivity index (χ2n) is 6.91. The Bertz CT molecular complexity index is 1140. The highest BCUT2D eigenvalue weighted by atomic mass is 16.3. The lowest BCUT2D eigenvalue weighted by Gasteiger charge is -2.06. The second-order valence-corrected chi connectivity index (χ2v) is 6.91. The van der Waals surface area contributed by atoms with Crippen LogP contribution in [0.2, 0.25) is 0 Å². The molecule has 0 radical (unpaired) electrons. The van der Waals surface area contributed by atoms with Crippen LogP contribution >= 0.6 is 0 Å². The van der Waals surface area contributed by atoms with Gasteiger partial charge in [0.2, 0.25) is 0 Å². The molecule has 1 atom stereocenters. The Hall–Kier alpha value is -3.32. The average Bonchev–Trinajstić information content (AvgIpc) is 3.24. The Morgan fingerprint density at radius 3 is 2.61 bits per heavy atom. The number of fused-ring (bicyclic) bond motifs is 1. The van der Waals surface area contributed by atoms with Crippen molar-refractivity contribution in [3.05, 3.63) is 65.6 Å². The van der Waals surface area contributed by atoms with Crippen molar-refractivity contribution in [1.82, 2.24) is 29.1 Å². The van der Waals surface area contributed by atoms with E-state index >= 15 is 0 Å². The molecule has 1 unspecified atom stereocenters. The summed E-state index contributed by atoms with van der Waals surface area (Å²) < 4.78 is 3.66. The number of hydrogen-bond donors (Lipinski definition) is 1. The van der Waals surface area contributed by atoms with Crippen LogP contribution in [-0.4, -0.2) is 40.3 Å². The van der Waals surface area contributed by atoms with Gasteiger partial charge in [-0.3, -0.25) is 0 Å². The molecule has 0 aliphatic heterocycles. The number of aromatic nitrogens is 6. The van der Waals surface area contributed by atoms with Crippen molar-refractivity contribution in [3.8, 4) is 11.3 Å². The quantitative estimate of drug-likeness (QED) is 0.580. The van der Waals surface area contributed by atoms with Gasteiger partial charge in [-0.1, -0.05) is 30.3 Å². The van der Waals surface area contributed by atoms with Gasteiger partial charge in [-0.15, -0.1) is 5.10 Å². The van der Waals surface area contributed by atoms with Crippen LogP contribution in [0.15, 0.2) is 42.6 Å². The lowest BCUT2D eigenvalue weighted by molar-refractivity contribution is 0.173. The van der Waals surface area contributed by atoms with E-state index in [2.05, 4.69) is 15.1 Å². The van der Waals surface area contributed by atoms with Crippen LogP contribution in [0.3, 0.4) is 0 Å². The molecular weight excluding hydrogens is 352 g/mol. The first kappa shape index (κ1) is 18.1. The maximum Gasteiger partial charge on any atom is 0.253 e. The molecule has 0 saturated carbocycles. The van der Waals surface area contributed by atoms with Crippen LogP contribution in [-0.2, 0) is 6.54 Å². The lowest BCUT2D eigenvalue weighted by Crippen LogP contribution is -2.12. The molecule has 3 heterocycles. The Morgan fingerprint density at radius 1 is 1.07 bits per heavy atom. The highest BCUT2D eigenvalue weighted by Crippen LogP contribution is 2.20. The standard InChI is InChI=1S/C21H22N6O/c1-14-11-15(2)27-21(22-14)24-19(25-27)9-10-20-23-18(13-26(20)12-16(3)28)17-7-5-4-6-8-17/h4-11,13,16,28H,12H2,1-3H3/b10-9+. The minimum absolute atomic E-state index is 0.456. The fourth-order valence-electron chi connectivity index (χ4n) is 3.14. The van der Waals surface area contributed by atoms with Gasteiger partial charge in [0, 0.05) is 29.7 Å². The van der Waals surface area contributed by atoms with Gasteiger partial charge in [0.05, 0.1) is 11.8 Å². The first-order valence-electron chi connectivity index (χ1n) is 9.19. The molecule has 4 aromatic rings. The molecule has 0 aliphatic rings. The van der Waals surface area contributed by atoms with Crippen molar-refractivity contribution in [2.24, 2.45) is 0 Å². The minimum Gasteiger partial charge on any atom is -0.392 e. The summed E-state index contributed by atoms with van der Waals surface area (Å²) >= 11 is 0. The van der Waals surface area contributed by atoms with Gasteiger partial charge >= 0.3 is 0 Å². The molecule has 7 heteroatoms. The Balaban J connectivity index is 1.70. The fraction of sp³-hybridized carbons (Fsp3) is 0.238. The van der Waals surface area contributed by atoms with E-state index in [-0.39, 0.29) is 0 Å². The number of aliphatic hydroxyl groups is 1. The molecule has 1 N–H and O–H groups in total. The van der Waals surface area contributed by atoms with Gasteiger partial charge in [-0.2, -0.15) is 4.98 Å². The van der Waals surface area contributed by atoms with Gasteiger partial charge in [0.1, 0.15) is 5.82 Å². The van der Waals surface area contributed by atoms with Crippen LogP contribution in [0.5, 0.6) is 0 Å². The van der Waals surface area contributed by atoms with E-state index in [4.69, 9.17) is 4.98 Å². The highest BCUT2D eigenvalue weighted by Gasteiger charge is 2.10. The zero-order chi connectivity index (χ0) is 19.7. The molecular formula is C21H22N6O. The summed E-state index contributed by atoms with van der Waals surface area (Å²) in [6, 6.07) is 11.9. The molecule has 142 valence electrons. The Kier molecular flexibility index (Phi) is 4.75. The number of imidazole rings is 1. The number of benzene rings is 1. The summed E-state index contributed by atoms with van der Waals surface area (Å²) in [4.78, 5) is 13.6. The van der Waals surface area contributed by atoms with E-state index in [1.165, 1.54) is 0 Å². The number of rotatable bonds is 5. The first-order valence-corrected chi connectivity index (χ1v) is 9.19. The third-order valence-electron chi connectivity index (χ3n) is 4.35. The predicted molar refractivity (Wildman–Crippen MR) is 109 cm³/mol. The number of aliphatic hydroxyl groups excluding tert-OH is 1. The predicted octanol–water partition coefficient (Wildman–Crippen LogP) is 3.16. The van der Waals surface area contributed by atoms with Crippen molar-refractivity contribution in [2.45, 2.75) is 33.4 Å². The summed E-state index contributed by atoms with van der Waals surface area (Å²) in [5.41, 5.74) is 3.78. The summed E-state index contributed by atoms with van der Waals surface area (Å²) in [5, 5.41) is 14.3. The summed E-state index contributed by atoms with van der Waals surface area (Å²) in [7, 11) is 0. The van der Waals surface area contributed by atoms with E-state index in [0.717, 1.165) is 28.5 Å². The third kappa shape index (κ3) is 3.70. The summed E-state index contributed by atoms with van der Waals surface area (Å²) in [5.74, 6) is 1.88. The van der Waals surface area contributed by atoms with Crippen LogP contribution < -0.4 is 0 Å². The van der Waals surface area contributed by atoms with E-state index in [0.29, 0.717) is 18.1 Å². The van der Waals surface area contributed by atoms with Gasteiger partial charge in [0.15, 0.2) is 5.82 Å². The molecule has 0 fully saturated rings. The fourth-order valence-corrected chi connectivity index (χ4v) is 3.14. The number of nitrogens with zero attached hydrogens (tertiary/aromatic N) is 6. The van der Waals surface area contributed by atoms with Crippen molar-refractivity contribution in [3.63, 3.8) is 0 Å². The topological polar surface area (TPSA) is 81.1 Å². The van der Waals surface area contributed by atoms with E-state index in [1.807, 2.05) is 73.2 Å². The molecule has 1 aromatic carbocycles. The van der Waals surface area contributed by atoms with Crippen molar-refractivity contribution < 1.29 is 5.11 Å². The average molecular weight is 374 g/mol. The van der Waals surface area contributed by atoms with Crippen LogP contribution in [0.1, 0.15) is 30.0 Å². The zero-order valence-electron chi connectivity index (χ0n) is 16.1. The smallest absolute Gasteiger partial charge is 0.253 e. The van der Waals surface area contributed by atoms with E-state index < -0.39 is 6.10 Å². The van der Waals surface area contributed by atoms with Crippen molar-refractivity contribution >= 4 is 17.9 Å². The van der Waals surface area contributed by atoms with Crippen molar-refractivity contribution in [1.29, 1.82) is 0 Å². The molecule has 0 bridgehead atoms. The molecule has 28 heavy (non-hydrogen) atoms.